The van der Waals surface area contributed by atoms with Crippen LogP contribution in [0, 0.1) is 5.82 Å². The summed E-state index contributed by atoms with van der Waals surface area (Å²) in [7, 11) is 0. The van der Waals surface area contributed by atoms with Gasteiger partial charge in [-0.2, -0.15) is 0 Å². The van der Waals surface area contributed by atoms with Crippen LogP contribution in [0.2, 0.25) is 0 Å². The number of benzene rings is 2. The van der Waals surface area contributed by atoms with E-state index in [1.165, 1.54) is 12.1 Å². The lowest BCUT2D eigenvalue weighted by molar-refractivity contribution is -0.0135. The van der Waals surface area contributed by atoms with Gasteiger partial charge in [-0.1, -0.05) is 30.3 Å². The first-order valence-corrected chi connectivity index (χ1v) is 8.32. The maximum atomic E-state index is 13.9. The summed E-state index contributed by atoms with van der Waals surface area (Å²) >= 11 is 0. The van der Waals surface area contributed by atoms with Crippen molar-refractivity contribution in [3.63, 3.8) is 0 Å². The van der Waals surface area contributed by atoms with Crippen molar-refractivity contribution < 1.29 is 18.7 Å². The zero-order valence-electron chi connectivity index (χ0n) is 14.1. The minimum atomic E-state index is -0.496. The van der Waals surface area contributed by atoms with Crippen LogP contribution < -0.4 is 10.1 Å². The molecule has 0 aromatic heterocycles. The van der Waals surface area contributed by atoms with E-state index >= 15 is 0 Å². The number of carbonyl (C=O) groups excluding carboxylic acids is 1. The highest BCUT2D eigenvalue weighted by Crippen LogP contribution is 2.24. The van der Waals surface area contributed by atoms with Crippen LogP contribution >= 0.6 is 0 Å². The van der Waals surface area contributed by atoms with Gasteiger partial charge in [0.1, 0.15) is 6.10 Å². The fourth-order valence-corrected chi connectivity index (χ4v) is 2.76. The van der Waals surface area contributed by atoms with Crippen LogP contribution in [0.1, 0.15) is 18.6 Å². The number of hydrogen-bond donors (Lipinski definition) is 1. The molecule has 2 amide bonds. The molecule has 2 aromatic carbocycles. The highest BCUT2D eigenvalue weighted by Gasteiger charge is 2.25. The number of anilines is 1. The van der Waals surface area contributed by atoms with Crippen molar-refractivity contribution in [3.8, 4) is 5.75 Å². The smallest absolute Gasteiger partial charge is 0.322 e. The molecule has 1 fully saturated rings. The molecule has 1 aliphatic rings. The van der Waals surface area contributed by atoms with E-state index in [0.717, 1.165) is 5.56 Å². The molecule has 0 radical (unpaired) electrons. The van der Waals surface area contributed by atoms with E-state index in [4.69, 9.17) is 9.47 Å². The third-order valence-corrected chi connectivity index (χ3v) is 4.01. The summed E-state index contributed by atoms with van der Waals surface area (Å²) in [6, 6.07) is 13.9. The van der Waals surface area contributed by atoms with E-state index in [2.05, 4.69) is 5.32 Å². The Morgan fingerprint density at radius 1 is 1.32 bits per heavy atom. The number of hydrogen-bond acceptors (Lipinski definition) is 3. The number of nitrogens with zero attached hydrogens (tertiary/aromatic N) is 1. The first kappa shape index (κ1) is 17.2. The van der Waals surface area contributed by atoms with Crippen LogP contribution in [0.5, 0.6) is 5.75 Å². The average molecular weight is 344 g/mol. The molecule has 0 spiro atoms. The lowest BCUT2D eigenvalue weighted by Crippen LogP contribution is -2.44. The minimum absolute atomic E-state index is 0.155. The molecule has 5 nitrogen and oxygen atoms in total. The standard InChI is InChI=1S/C19H21FN2O3/c1-2-24-17-9-8-15(12-16(17)20)21-19(23)22-10-11-25-18(13-22)14-6-4-3-5-7-14/h3-9,12,18H,2,10-11,13H2,1H3,(H,21,23). The molecule has 0 bridgehead atoms. The fraction of sp³-hybridized carbons (Fsp3) is 0.316. The number of ether oxygens (including phenoxy) is 2. The Labute approximate surface area is 146 Å². The maximum absolute atomic E-state index is 13.9. The predicted octanol–water partition coefficient (Wildman–Crippen LogP) is 3.83. The fourth-order valence-electron chi connectivity index (χ4n) is 2.76. The molecule has 1 heterocycles. The van der Waals surface area contributed by atoms with E-state index in [1.54, 1.807) is 17.9 Å². The molecule has 132 valence electrons. The molecular weight excluding hydrogens is 323 g/mol. The van der Waals surface area contributed by atoms with E-state index in [-0.39, 0.29) is 17.9 Å². The van der Waals surface area contributed by atoms with Gasteiger partial charge < -0.3 is 19.7 Å². The third kappa shape index (κ3) is 4.28. The minimum Gasteiger partial charge on any atom is -0.491 e. The van der Waals surface area contributed by atoms with Crippen LogP contribution in [0.25, 0.3) is 0 Å². The van der Waals surface area contributed by atoms with Gasteiger partial charge in [-0.15, -0.1) is 0 Å². The van der Waals surface area contributed by atoms with Gasteiger partial charge in [0.15, 0.2) is 11.6 Å². The number of amides is 2. The van der Waals surface area contributed by atoms with E-state index in [9.17, 15) is 9.18 Å². The van der Waals surface area contributed by atoms with Crippen LogP contribution in [0.15, 0.2) is 48.5 Å². The Morgan fingerprint density at radius 3 is 2.84 bits per heavy atom. The quantitative estimate of drug-likeness (QED) is 0.917. The number of rotatable bonds is 4. The second-order valence-electron chi connectivity index (χ2n) is 5.72. The monoisotopic (exact) mass is 344 g/mol. The molecule has 0 aliphatic carbocycles. The molecule has 1 unspecified atom stereocenters. The van der Waals surface area contributed by atoms with Crippen LogP contribution in [0.3, 0.4) is 0 Å². The Balaban J connectivity index is 1.64. The lowest BCUT2D eigenvalue weighted by atomic mass is 10.1. The molecule has 3 rings (SSSR count). The molecule has 25 heavy (non-hydrogen) atoms. The molecule has 1 atom stereocenters. The largest absolute Gasteiger partial charge is 0.491 e. The van der Waals surface area contributed by atoms with Crippen molar-refractivity contribution in [2.45, 2.75) is 13.0 Å². The SMILES string of the molecule is CCOc1ccc(NC(=O)N2CCOC(c3ccccc3)C2)cc1F. The molecule has 6 heteroatoms. The van der Waals surface area contributed by atoms with Crippen molar-refractivity contribution in [1.82, 2.24) is 4.90 Å². The number of nitrogens with one attached hydrogen (secondary N) is 1. The molecule has 2 aromatic rings. The summed E-state index contributed by atoms with van der Waals surface area (Å²) in [4.78, 5) is 14.1. The van der Waals surface area contributed by atoms with Gasteiger partial charge in [0.25, 0.3) is 0 Å². The number of morpholine rings is 1. The van der Waals surface area contributed by atoms with E-state index in [1.807, 2.05) is 30.3 Å². The van der Waals surface area contributed by atoms with Gasteiger partial charge in [-0.3, -0.25) is 0 Å². The van der Waals surface area contributed by atoms with Crippen LogP contribution in [0.4, 0.5) is 14.9 Å². The zero-order valence-corrected chi connectivity index (χ0v) is 14.1. The first-order valence-electron chi connectivity index (χ1n) is 8.32. The maximum Gasteiger partial charge on any atom is 0.322 e. The Morgan fingerprint density at radius 2 is 2.12 bits per heavy atom. The first-order chi connectivity index (χ1) is 12.2. The lowest BCUT2D eigenvalue weighted by Gasteiger charge is -2.33. The van der Waals surface area contributed by atoms with Crippen molar-refractivity contribution >= 4 is 11.7 Å². The van der Waals surface area contributed by atoms with Gasteiger partial charge >= 0.3 is 6.03 Å². The molecular formula is C19H21FN2O3. The van der Waals surface area contributed by atoms with Crippen molar-refractivity contribution in [2.75, 3.05) is 31.6 Å². The summed E-state index contributed by atoms with van der Waals surface area (Å²) in [6.45, 7) is 3.59. The van der Waals surface area contributed by atoms with Crippen LogP contribution in [-0.2, 0) is 4.74 Å². The Bertz CT molecular complexity index is 724. The predicted molar refractivity (Wildman–Crippen MR) is 93.3 cm³/mol. The van der Waals surface area contributed by atoms with Gasteiger partial charge in [0, 0.05) is 18.3 Å². The van der Waals surface area contributed by atoms with Gasteiger partial charge in [-0.05, 0) is 24.6 Å². The summed E-state index contributed by atoms with van der Waals surface area (Å²) in [5.74, 6) is -0.320. The second-order valence-corrected chi connectivity index (χ2v) is 5.72. The van der Waals surface area contributed by atoms with Crippen LogP contribution in [-0.4, -0.2) is 37.2 Å². The van der Waals surface area contributed by atoms with Crippen molar-refractivity contribution in [2.24, 2.45) is 0 Å². The molecule has 1 aliphatic heterocycles. The highest BCUT2D eigenvalue weighted by molar-refractivity contribution is 5.89. The normalized spacial score (nSPS) is 17.2. The van der Waals surface area contributed by atoms with E-state index in [0.29, 0.717) is 32.0 Å². The summed E-state index contributed by atoms with van der Waals surface area (Å²) in [5, 5.41) is 2.73. The van der Waals surface area contributed by atoms with Crippen molar-refractivity contribution in [3.05, 3.63) is 59.9 Å². The highest BCUT2D eigenvalue weighted by atomic mass is 19.1. The Kier molecular flexibility index (Phi) is 5.50. The zero-order chi connectivity index (χ0) is 17.6. The molecule has 1 saturated heterocycles. The number of urea groups is 1. The van der Waals surface area contributed by atoms with Gasteiger partial charge in [-0.25, -0.2) is 9.18 Å². The number of halogens is 1. The second kappa shape index (κ2) is 7.98. The summed E-state index contributed by atoms with van der Waals surface area (Å²) in [5.41, 5.74) is 1.43. The average Bonchev–Trinajstić information content (AvgIpc) is 2.65. The van der Waals surface area contributed by atoms with Gasteiger partial charge in [0.2, 0.25) is 0 Å². The summed E-state index contributed by atoms with van der Waals surface area (Å²) < 4.78 is 24.8. The van der Waals surface area contributed by atoms with Crippen molar-refractivity contribution in [1.29, 1.82) is 0 Å². The van der Waals surface area contributed by atoms with Gasteiger partial charge in [0.05, 0.1) is 19.8 Å². The topological polar surface area (TPSA) is 50.8 Å². The van der Waals surface area contributed by atoms with E-state index < -0.39 is 5.82 Å². The summed E-state index contributed by atoms with van der Waals surface area (Å²) in [6.07, 6.45) is -0.155. The third-order valence-electron chi connectivity index (χ3n) is 4.01. The molecule has 0 saturated carbocycles. The molecule has 1 N–H and O–H groups in total. The number of carbonyl (C=O) groups is 1. The Hall–Kier alpha value is -2.60.